The van der Waals surface area contributed by atoms with Crippen molar-refractivity contribution >= 4 is 17.3 Å². The van der Waals surface area contributed by atoms with Gasteiger partial charge in [-0.25, -0.2) is 0 Å². The molecule has 2 rings (SSSR count). The van der Waals surface area contributed by atoms with Crippen molar-refractivity contribution in [1.82, 2.24) is 4.57 Å². The summed E-state index contributed by atoms with van der Waals surface area (Å²) in [5.41, 5.74) is 3.01. The van der Waals surface area contributed by atoms with Gasteiger partial charge in [-0.3, -0.25) is 14.2 Å². The van der Waals surface area contributed by atoms with Crippen LogP contribution in [-0.2, 0) is 17.8 Å². The third-order valence-electron chi connectivity index (χ3n) is 3.23. The second-order valence-electron chi connectivity index (χ2n) is 5.48. The maximum Gasteiger partial charge on any atom is 0.307 e. The van der Waals surface area contributed by atoms with Crippen LogP contribution in [0.5, 0.6) is 0 Å². The molecule has 0 aliphatic rings. The van der Waals surface area contributed by atoms with Crippen LogP contribution in [0.2, 0.25) is 0 Å². The fourth-order valence-corrected chi connectivity index (χ4v) is 3.05. The zero-order valence-electron chi connectivity index (χ0n) is 12.2. The number of carbonyl (C=O) groups is 1. The monoisotopic (exact) mass is 305 g/mol. The van der Waals surface area contributed by atoms with Crippen LogP contribution in [0.1, 0.15) is 25.8 Å². The third kappa shape index (κ3) is 4.04. The molecular weight excluding hydrogens is 286 g/mol. The number of aromatic nitrogens is 1. The van der Waals surface area contributed by atoms with Gasteiger partial charge in [0.25, 0.3) is 0 Å². The zero-order chi connectivity index (χ0) is 15.4. The highest BCUT2D eigenvalue weighted by atomic mass is 32.1. The molecule has 5 heteroatoms. The summed E-state index contributed by atoms with van der Waals surface area (Å²) in [5, 5.41) is 10.6. The second-order valence-corrected chi connectivity index (χ2v) is 6.30. The van der Waals surface area contributed by atoms with Gasteiger partial charge in [0.1, 0.15) is 0 Å². The molecule has 0 saturated heterocycles. The van der Waals surface area contributed by atoms with Crippen LogP contribution < -0.4 is 4.87 Å². The fraction of sp³-hybridized carbons (Fsp3) is 0.375. The van der Waals surface area contributed by atoms with E-state index in [0.717, 1.165) is 29.0 Å². The highest BCUT2D eigenvalue weighted by Gasteiger charge is 2.10. The Hall–Kier alpha value is -1.88. The van der Waals surface area contributed by atoms with Crippen molar-refractivity contribution in [3.05, 3.63) is 44.9 Å². The maximum absolute atomic E-state index is 11.8. The number of nitrogens with zero attached hydrogens (tertiary/aromatic N) is 1. The lowest BCUT2D eigenvalue weighted by Gasteiger charge is -2.08. The van der Waals surface area contributed by atoms with E-state index < -0.39 is 5.97 Å². The molecule has 0 aliphatic heterocycles. The predicted octanol–water partition coefficient (Wildman–Crippen LogP) is 3.25. The van der Waals surface area contributed by atoms with Gasteiger partial charge in [0, 0.05) is 11.9 Å². The Balaban J connectivity index is 2.25. The molecule has 0 spiro atoms. The van der Waals surface area contributed by atoms with Gasteiger partial charge < -0.3 is 5.11 Å². The highest BCUT2D eigenvalue weighted by Crippen LogP contribution is 2.21. The second kappa shape index (κ2) is 6.72. The van der Waals surface area contributed by atoms with Gasteiger partial charge in [0.05, 0.1) is 12.1 Å². The third-order valence-corrected chi connectivity index (χ3v) is 3.99. The van der Waals surface area contributed by atoms with E-state index in [9.17, 15) is 9.59 Å². The molecular formula is C16H19NO3S. The van der Waals surface area contributed by atoms with Gasteiger partial charge in [0.15, 0.2) is 0 Å². The van der Waals surface area contributed by atoms with Gasteiger partial charge in [-0.15, -0.1) is 0 Å². The minimum Gasteiger partial charge on any atom is -0.481 e. The molecule has 1 aromatic heterocycles. The summed E-state index contributed by atoms with van der Waals surface area (Å²) in [6.45, 7) is 4.56. The Morgan fingerprint density at radius 3 is 2.52 bits per heavy atom. The summed E-state index contributed by atoms with van der Waals surface area (Å²) in [5.74, 6) is -0.294. The summed E-state index contributed by atoms with van der Waals surface area (Å²) >= 11 is 1.11. The van der Waals surface area contributed by atoms with E-state index in [2.05, 4.69) is 26.0 Å². The lowest BCUT2D eigenvalue weighted by atomic mass is 10.0. The van der Waals surface area contributed by atoms with Crippen molar-refractivity contribution < 1.29 is 9.90 Å². The Kier molecular flexibility index (Phi) is 4.96. The molecule has 2 aromatic rings. The van der Waals surface area contributed by atoms with E-state index in [-0.39, 0.29) is 17.8 Å². The van der Waals surface area contributed by atoms with Crippen molar-refractivity contribution in [2.45, 2.75) is 33.2 Å². The fourth-order valence-electron chi connectivity index (χ4n) is 2.26. The van der Waals surface area contributed by atoms with Crippen molar-refractivity contribution in [2.24, 2.45) is 5.92 Å². The van der Waals surface area contributed by atoms with Gasteiger partial charge in [-0.1, -0.05) is 49.4 Å². The molecule has 0 unspecified atom stereocenters. The first-order chi connectivity index (χ1) is 9.97. The highest BCUT2D eigenvalue weighted by molar-refractivity contribution is 7.07. The topological polar surface area (TPSA) is 59.3 Å². The standard InChI is InChI=1S/C16H19NO3S/c1-11(2)9-12-3-5-13(6-4-12)14-10-21-16(20)17(14)8-7-15(18)19/h3-6,10-11H,7-9H2,1-2H3,(H,18,19). The van der Waals surface area contributed by atoms with Crippen LogP contribution in [-0.4, -0.2) is 15.6 Å². The predicted molar refractivity (Wildman–Crippen MR) is 84.8 cm³/mol. The number of carboxylic acid groups (broad SMARTS) is 1. The summed E-state index contributed by atoms with van der Waals surface area (Å²) in [6, 6.07) is 8.13. The molecule has 21 heavy (non-hydrogen) atoms. The van der Waals surface area contributed by atoms with Gasteiger partial charge in [-0.2, -0.15) is 0 Å². The van der Waals surface area contributed by atoms with E-state index in [1.165, 1.54) is 10.1 Å². The molecule has 0 fully saturated rings. The Morgan fingerprint density at radius 2 is 1.95 bits per heavy atom. The van der Waals surface area contributed by atoms with Crippen molar-refractivity contribution in [1.29, 1.82) is 0 Å². The summed E-state index contributed by atoms with van der Waals surface area (Å²) in [6.07, 6.45) is 0.977. The summed E-state index contributed by atoms with van der Waals surface area (Å²) < 4.78 is 1.54. The Labute approximate surface area is 127 Å². The van der Waals surface area contributed by atoms with Crippen molar-refractivity contribution in [3.63, 3.8) is 0 Å². The number of hydrogen-bond acceptors (Lipinski definition) is 3. The minimum absolute atomic E-state index is 0.0466. The summed E-state index contributed by atoms with van der Waals surface area (Å²) in [7, 11) is 0. The molecule has 0 amide bonds. The largest absolute Gasteiger partial charge is 0.481 e. The van der Waals surface area contributed by atoms with Gasteiger partial charge in [-0.05, 0) is 23.5 Å². The first-order valence-corrected chi connectivity index (χ1v) is 7.84. The first-order valence-electron chi connectivity index (χ1n) is 6.97. The number of rotatable bonds is 6. The molecule has 0 aliphatic carbocycles. The molecule has 1 heterocycles. The van der Waals surface area contributed by atoms with Crippen LogP contribution in [0.15, 0.2) is 34.4 Å². The van der Waals surface area contributed by atoms with Crippen LogP contribution in [0.25, 0.3) is 11.3 Å². The van der Waals surface area contributed by atoms with Crippen molar-refractivity contribution in [2.75, 3.05) is 0 Å². The smallest absolute Gasteiger partial charge is 0.307 e. The SMILES string of the molecule is CC(C)Cc1ccc(-c2csc(=O)n2CCC(=O)O)cc1. The Bertz CT molecular complexity index is 668. The molecule has 1 N–H and O–H groups in total. The molecule has 112 valence electrons. The molecule has 1 aromatic carbocycles. The number of carboxylic acids is 1. The van der Waals surface area contributed by atoms with Crippen LogP contribution in [0.3, 0.4) is 0 Å². The van der Waals surface area contributed by atoms with Crippen LogP contribution >= 0.6 is 11.3 Å². The van der Waals surface area contributed by atoms with Crippen molar-refractivity contribution in [3.8, 4) is 11.3 Å². The van der Waals surface area contributed by atoms with Gasteiger partial charge >= 0.3 is 10.8 Å². The van der Waals surface area contributed by atoms with E-state index in [4.69, 9.17) is 5.11 Å². The normalized spacial score (nSPS) is 11.0. The Morgan fingerprint density at radius 1 is 1.29 bits per heavy atom. The molecule has 0 radical (unpaired) electrons. The van der Waals surface area contributed by atoms with E-state index in [0.29, 0.717) is 5.92 Å². The van der Waals surface area contributed by atoms with Gasteiger partial charge in [0.2, 0.25) is 0 Å². The first kappa shape index (κ1) is 15.5. The summed E-state index contributed by atoms with van der Waals surface area (Å²) in [4.78, 5) is 22.4. The van der Waals surface area contributed by atoms with E-state index in [1.54, 1.807) is 5.38 Å². The van der Waals surface area contributed by atoms with Crippen LogP contribution in [0.4, 0.5) is 0 Å². The lowest BCUT2D eigenvalue weighted by Crippen LogP contribution is -2.16. The molecule has 0 saturated carbocycles. The van der Waals surface area contributed by atoms with E-state index >= 15 is 0 Å². The quantitative estimate of drug-likeness (QED) is 0.891. The number of thiazole rings is 1. The van der Waals surface area contributed by atoms with Crippen LogP contribution in [0, 0.1) is 5.92 Å². The lowest BCUT2D eigenvalue weighted by molar-refractivity contribution is -0.137. The minimum atomic E-state index is -0.897. The number of hydrogen-bond donors (Lipinski definition) is 1. The molecule has 0 bridgehead atoms. The van der Waals surface area contributed by atoms with E-state index in [1.807, 2.05) is 12.1 Å². The maximum atomic E-state index is 11.8. The zero-order valence-corrected chi connectivity index (χ0v) is 13.0. The molecule has 4 nitrogen and oxygen atoms in total. The number of benzene rings is 1. The average molecular weight is 305 g/mol. The number of aliphatic carboxylic acids is 1. The average Bonchev–Trinajstić information content (AvgIpc) is 2.78. The molecule has 0 atom stereocenters.